The Labute approximate surface area is 87.7 Å². The van der Waals surface area contributed by atoms with Crippen molar-refractivity contribution < 1.29 is 20.1 Å². The third kappa shape index (κ3) is 1.91. The summed E-state index contributed by atoms with van der Waals surface area (Å²) in [6.07, 6.45) is 0.869. The standard InChI is InChI=1S/C11H14O4/c12-8-1-2-10(13)9(7-8)11(14)3-5-15-6-4-11/h1-2,7,12-14H,3-6H2. The monoisotopic (exact) mass is 210 g/mol. The molecule has 1 aromatic carbocycles. The van der Waals surface area contributed by atoms with Crippen LogP contribution >= 0.6 is 0 Å². The molecule has 0 bridgehead atoms. The molecule has 4 nitrogen and oxygen atoms in total. The van der Waals surface area contributed by atoms with Crippen LogP contribution < -0.4 is 0 Å². The van der Waals surface area contributed by atoms with Crippen LogP contribution in [0.15, 0.2) is 18.2 Å². The fraction of sp³-hybridized carbons (Fsp3) is 0.455. The number of phenolic OH excluding ortho intramolecular Hbond substituents is 2. The maximum Gasteiger partial charge on any atom is 0.121 e. The SMILES string of the molecule is Oc1ccc(O)c(C2(O)CCOCC2)c1. The average Bonchev–Trinajstić information content (AvgIpc) is 2.23. The molecule has 0 radical (unpaired) electrons. The number of ether oxygens (including phenoxy) is 1. The third-order valence-corrected chi connectivity index (χ3v) is 2.80. The highest BCUT2D eigenvalue weighted by molar-refractivity contribution is 5.42. The summed E-state index contributed by atoms with van der Waals surface area (Å²) in [6.45, 7) is 0.928. The van der Waals surface area contributed by atoms with E-state index in [0.717, 1.165) is 0 Å². The zero-order valence-corrected chi connectivity index (χ0v) is 8.31. The Balaban J connectivity index is 2.38. The van der Waals surface area contributed by atoms with E-state index in [0.29, 0.717) is 31.6 Å². The van der Waals surface area contributed by atoms with Gasteiger partial charge >= 0.3 is 0 Å². The lowest BCUT2D eigenvalue weighted by Gasteiger charge is -2.32. The Hall–Kier alpha value is -1.26. The minimum absolute atomic E-state index is 0.0113. The van der Waals surface area contributed by atoms with Crippen molar-refractivity contribution in [3.8, 4) is 11.5 Å². The number of hydrogen-bond donors (Lipinski definition) is 3. The fourth-order valence-corrected chi connectivity index (χ4v) is 1.88. The third-order valence-electron chi connectivity index (χ3n) is 2.80. The molecular weight excluding hydrogens is 196 g/mol. The summed E-state index contributed by atoms with van der Waals surface area (Å²) in [6, 6.07) is 4.18. The molecular formula is C11H14O4. The predicted octanol–water partition coefficient (Wildman–Crippen LogP) is 1.10. The first kappa shape index (κ1) is 10.3. The van der Waals surface area contributed by atoms with Crippen molar-refractivity contribution in [2.75, 3.05) is 13.2 Å². The molecule has 3 N–H and O–H groups in total. The summed E-state index contributed by atoms with van der Waals surface area (Å²) >= 11 is 0. The van der Waals surface area contributed by atoms with Crippen LogP contribution in [0, 0.1) is 0 Å². The Kier molecular flexibility index (Phi) is 2.54. The lowest BCUT2D eigenvalue weighted by atomic mass is 9.86. The van der Waals surface area contributed by atoms with Gasteiger partial charge in [0, 0.05) is 31.6 Å². The number of rotatable bonds is 1. The summed E-state index contributed by atoms with van der Waals surface area (Å²) in [4.78, 5) is 0. The van der Waals surface area contributed by atoms with Crippen molar-refractivity contribution in [2.45, 2.75) is 18.4 Å². The Morgan fingerprint density at radius 2 is 1.80 bits per heavy atom. The first-order chi connectivity index (χ1) is 7.12. The van der Waals surface area contributed by atoms with Crippen LogP contribution in [-0.2, 0) is 10.3 Å². The molecule has 2 rings (SSSR count). The summed E-state index contributed by atoms with van der Waals surface area (Å²) in [7, 11) is 0. The van der Waals surface area contributed by atoms with Crippen LogP contribution in [0.25, 0.3) is 0 Å². The fourth-order valence-electron chi connectivity index (χ4n) is 1.88. The summed E-state index contributed by atoms with van der Waals surface area (Å²) in [5.74, 6) is 0.0555. The summed E-state index contributed by atoms with van der Waals surface area (Å²) in [5, 5.41) is 29.3. The molecule has 0 atom stereocenters. The Morgan fingerprint density at radius 1 is 1.13 bits per heavy atom. The van der Waals surface area contributed by atoms with Crippen LogP contribution in [0.1, 0.15) is 18.4 Å². The van der Waals surface area contributed by atoms with Crippen LogP contribution in [0.2, 0.25) is 0 Å². The molecule has 1 fully saturated rings. The molecule has 4 heteroatoms. The molecule has 0 spiro atoms. The Bertz CT molecular complexity index is 356. The molecule has 0 amide bonds. The number of aromatic hydroxyl groups is 2. The van der Waals surface area contributed by atoms with Gasteiger partial charge in [0.15, 0.2) is 0 Å². The molecule has 82 valence electrons. The van der Waals surface area contributed by atoms with Gasteiger partial charge in [-0.15, -0.1) is 0 Å². The van der Waals surface area contributed by atoms with Gasteiger partial charge in [-0.05, 0) is 18.2 Å². The zero-order chi connectivity index (χ0) is 10.9. The highest BCUT2D eigenvalue weighted by Crippen LogP contribution is 2.38. The van der Waals surface area contributed by atoms with Gasteiger partial charge in [0.1, 0.15) is 11.5 Å². The van der Waals surface area contributed by atoms with Gasteiger partial charge in [-0.25, -0.2) is 0 Å². The molecule has 0 aromatic heterocycles. The Morgan fingerprint density at radius 3 is 2.47 bits per heavy atom. The molecule has 1 heterocycles. The number of aliphatic hydroxyl groups is 1. The highest BCUT2D eigenvalue weighted by Gasteiger charge is 2.34. The maximum absolute atomic E-state index is 10.3. The van der Waals surface area contributed by atoms with Crippen LogP contribution in [0.4, 0.5) is 0 Å². The second kappa shape index (κ2) is 3.72. The van der Waals surface area contributed by atoms with Crippen molar-refractivity contribution in [3.05, 3.63) is 23.8 Å². The second-order valence-corrected chi connectivity index (χ2v) is 3.85. The summed E-state index contributed by atoms with van der Waals surface area (Å²) in [5.41, 5.74) is -0.702. The first-order valence-corrected chi connectivity index (χ1v) is 4.94. The van der Waals surface area contributed by atoms with Crippen LogP contribution in [0.5, 0.6) is 11.5 Å². The van der Waals surface area contributed by atoms with E-state index >= 15 is 0 Å². The number of hydrogen-bond acceptors (Lipinski definition) is 4. The van der Waals surface area contributed by atoms with E-state index in [4.69, 9.17) is 4.74 Å². The van der Waals surface area contributed by atoms with E-state index in [1.807, 2.05) is 0 Å². The number of benzene rings is 1. The quantitative estimate of drug-likeness (QED) is 0.607. The molecule has 1 aliphatic heterocycles. The molecule has 1 saturated heterocycles. The smallest absolute Gasteiger partial charge is 0.121 e. The molecule has 0 saturated carbocycles. The van der Waals surface area contributed by atoms with E-state index < -0.39 is 5.60 Å². The summed E-state index contributed by atoms with van der Waals surface area (Å²) < 4.78 is 5.15. The molecule has 15 heavy (non-hydrogen) atoms. The highest BCUT2D eigenvalue weighted by atomic mass is 16.5. The predicted molar refractivity (Wildman–Crippen MR) is 53.7 cm³/mol. The van der Waals surface area contributed by atoms with Gasteiger partial charge in [0.25, 0.3) is 0 Å². The van der Waals surface area contributed by atoms with Crippen molar-refractivity contribution in [1.29, 1.82) is 0 Å². The van der Waals surface area contributed by atoms with E-state index in [1.165, 1.54) is 18.2 Å². The van der Waals surface area contributed by atoms with E-state index in [-0.39, 0.29) is 11.5 Å². The minimum Gasteiger partial charge on any atom is -0.508 e. The van der Waals surface area contributed by atoms with Gasteiger partial charge in [-0.3, -0.25) is 0 Å². The van der Waals surface area contributed by atoms with Crippen molar-refractivity contribution in [2.24, 2.45) is 0 Å². The van der Waals surface area contributed by atoms with E-state index in [1.54, 1.807) is 0 Å². The zero-order valence-electron chi connectivity index (χ0n) is 8.31. The van der Waals surface area contributed by atoms with Gasteiger partial charge < -0.3 is 20.1 Å². The maximum atomic E-state index is 10.3. The molecule has 0 unspecified atom stereocenters. The van der Waals surface area contributed by atoms with Gasteiger partial charge in [0.05, 0.1) is 5.60 Å². The lowest BCUT2D eigenvalue weighted by molar-refractivity contribution is -0.0690. The minimum atomic E-state index is -1.08. The van der Waals surface area contributed by atoms with E-state index in [2.05, 4.69) is 0 Å². The first-order valence-electron chi connectivity index (χ1n) is 4.94. The van der Waals surface area contributed by atoms with E-state index in [9.17, 15) is 15.3 Å². The lowest BCUT2D eigenvalue weighted by Crippen LogP contribution is -2.33. The second-order valence-electron chi connectivity index (χ2n) is 3.85. The number of phenols is 2. The molecule has 0 aliphatic carbocycles. The van der Waals surface area contributed by atoms with Crippen LogP contribution in [0.3, 0.4) is 0 Å². The van der Waals surface area contributed by atoms with Crippen molar-refractivity contribution in [1.82, 2.24) is 0 Å². The van der Waals surface area contributed by atoms with Gasteiger partial charge in [0.2, 0.25) is 0 Å². The van der Waals surface area contributed by atoms with Gasteiger partial charge in [-0.2, -0.15) is 0 Å². The molecule has 1 aromatic rings. The van der Waals surface area contributed by atoms with Crippen molar-refractivity contribution >= 4 is 0 Å². The molecule has 1 aliphatic rings. The van der Waals surface area contributed by atoms with Gasteiger partial charge in [-0.1, -0.05) is 0 Å². The average molecular weight is 210 g/mol. The van der Waals surface area contributed by atoms with Crippen LogP contribution in [-0.4, -0.2) is 28.5 Å². The van der Waals surface area contributed by atoms with Crippen molar-refractivity contribution in [3.63, 3.8) is 0 Å². The normalized spacial score (nSPS) is 20.1. The topological polar surface area (TPSA) is 69.9 Å². The largest absolute Gasteiger partial charge is 0.508 e.